The maximum absolute atomic E-state index is 10.5. The summed E-state index contributed by atoms with van der Waals surface area (Å²) in [6.07, 6.45) is -0.533. The van der Waals surface area contributed by atoms with Gasteiger partial charge in [-0.15, -0.1) is 0 Å². The molecule has 5 nitrogen and oxygen atoms in total. The van der Waals surface area contributed by atoms with E-state index in [-0.39, 0.29) is 6.61 Å². The predicted molar refractivity (Wildman–Crippen MR) is 25.9 cm³/mol. The van der Waals surface area contributed by atoms with Crippen molar-refractivity contribution in [1.29, 1.82) is 0 Å². The van der Waals surface area contributed by atoms with E-state index < -0.39 is 17.9 Å². The molecule has 2 saturated heterocycles. The summed E-state index contributed by atoms with van der Waals surface area (Å²) in [6.45, 7) is 0.185. The maximum atomic E-state index is 10.5. The Labute approximate surface area is 55.9 Å². The van der Waals surface area contributed by atoms with Gasteiger partial charge < -0.3 is 14.2 Å². The van der Waals surface area contributed by atoms with Crippen LogP contribution in [0, 0.1) is 0 Å². The molecule has 0 aromatic rings. The first-order valence-corrected chi connectivity index (χ1v) is 2.82. The molecule has 2 aliphatic rings. The fourth-order valence-electron chi connectivity index (χ4n) is 0.824. The van der Waals surface area contributed by atoms with Gasteiger partial charge in [-0.1, -0.05) is 0 Å². The Balaban J connectivity index is 2.12. The Morgan fingerprint density at radius 3 is 2.40 bits per heavy atom. The van der Waals surface area contributed by atoms with Gasteiger partial charge in [0.15, 0.2) is 0 Å². The van der Waals surface area contributed by atoms with E-state index in [0.717, 1.165) is 0 Å². The molecule has 2 heterocycles. The van der Waals surface area contributed by atoms with Crippen molar-refractivity contribution in [3.05, 3.63) is 0 Å². The highest BCUT2D eigenvalue weighted by Crippen LogP contribution is 2.36. The standard InChI is InChI=1S/C5H4O5/c6-3-5(9-3)1-2-8-4(7)10-5/h1-2H2. The molecule has 2 fully saturated rings. The number of hydrogen-bond acceptors (Lipinski definition) is 5. The Hall–Kier alpha value is -1.26. The molecule has 0 bridgehead atoms. The summed E-state index contributed by atoms with van der Waals surface area (Å²) in [5, 5.41) is 0. The third kappa shape index (κ3) is 0.570. The minimum atomic E-state index is -1.25. The molecular weight excluding hydrogens is 140 g/mol. The fraction of sp³-hybridized carbons (Fsp3) is 0.600. The van der Waals surface area contributed by atoms with Crippen LogP contribution in [0.3, 0.4) is 0 Å². The summed E-state index contributed by atoms with van der Waals surface area (Å²) >= 11 is 0. The van der Waals surface area contributed by atoms with Gasteiger partial charge in [0.25, 0.3) is 0 Å². The normalized spacial score (nSPS) is 36.4. The molecule has 0 aliphatic carbocycles. The largest absolute Gasteiger partial charge is 0.512 e. The number of carbonyl (C=O) groups excluding carboxylic acids is 2. The Morgan fingerprint density at radius 2 is 2.00 bits per heavy atom. The maximum Gasteiger partial charge on any atom is 0.512 e. The highest BCUT2D eigenvalue weighted by Gasteiger charge is 2.64. The van der Waals surface area contributed by atoms with Crippen molar-refractivity contribution in [2.75, 3.05) is 6.61 Å². The van der Waals surface area contributed by atoms with E-state index in [4.69, 9.17) is 0 Å². The summed E-state index contributed by atoms with van der Waals surface area (Å²) < 4.78 is 13.3. The molecule has 0 N–H and O–H groups in total. The minimum Gasteiger partial charge on any atom is -0.434 e. The highest BCUT2D eigenvalue weighted by atomic mass is 16.9. The number of hydrogen-bond donors (Lipinski definition) is 0. The van der Waals surface area contributed by atoms with Crippen LogP contribution in [0.4, 0.5) is 4.79 Å². The van der Waals surface area contributed by atoms with Crippen LogP contribution >= 0.6 is 0 Å². The van der Waals surface area contributed by atoms with Gasteiger partial charge in [-0.05, 0) is 0 Å². The van der Waals surface area contributed by atoms with Crippen LogP contribution in [0.15, 0.2) is 0 Å². The van der Waals surface area contributed by atoms with Crippen LogP contribution in [0.5, 0.6) is 0 Å². The van der Waals surface area contributed by atoms with Gasteiger partial charge in [-0.2, -0.15) is 0 Å². The van der Waals surface area contributed by atoms with E-state index in [9.17, 15) is 9.59 Å². The zero-order valence-electron chi connectivity index (χ0n) is 4.96. The number of cyclic esters (lactones) is 1. The van der Waals surface area contributed by atoms with Crippen molar-refractivity contribution in [1.82, 2.24) is 0 Å². The second kappa shape index (κ2) is 1.42. The van der Waals surface area contributed by atoms with E-state index in [0.29, 0.717) is 6.42 Å². The van der Waals surface area contributed by atoms with E-state index >= 15 is 0 Å². The van der Waals surface area contributed by atoms with Gasteiger partial charge in [0.05, 0.1) is 6.42 Å². The van der Waals surface area contributed by atoms with Crippen LogP contribution in [0.25, 0.3) is 0 Å². The zero-order valence-corrected chi connectivity index (χ0v) is 4.96. The summed E-state index contributed by atoms with van der Waals surface area (Å²) in [6, 6.07) is 0. The first kappa shape index (κ1) is 5.52. The van der Waals surface area contributed by atoms with Gasteiger partial charge in [-0.3, -0.25) is 0 Å². The Morgan fingerprint density at radius 1 is 1.30 bits per heavy atom. The van der Waals surface area contributed by atoms with E-state index in [2.05, 4.69) is 14.2 Å². The molecule has 0 radical (unpaired) electrons. The van der Waals surface area contributed by atoms with Gasteiger partial charge in [0, 0.05) is 0 Å². The van der Waals surface area contributed by atoms with Gasteiger partial charge >= 0.3 is 17.9 Å². The van der Waals surface area contributed by atoms with E-state index in [1.54, 1.807) is 0 Å². The van der Waals surface area contributed by atoms with E-state index in [1.165, 1.54) is 0 Å². The van der Waals surface area contributed by atoms with Crippen LogP contribution in [0.1, 0.15) is 6.42 Å². The molecule has 0 aromatic heterocycles. The van der Waals surface area contributed by atoms with Gasteiger partial charge in [0.1, 0.15) is 6.61 Å². The molecule has 0 amide bonds. The van der Waals surface area contributed by atoms with Crippen molar-refractivity contribution in [2.45, 2.75) is 12.2 Å². The summed E-state index contributed by atoms with van der Waals surface area (Å²) in [5.41, 5.74) is 0. The third-order valence-corrected chi connectivity index (χ3v) is 1.43. The van der Waals surface area contributed by atoms with Crippen LogP contribution < -0.4 is 0 Å². The van der Waals surface area contributed by atoms with Crippen molar-refractivity contribution in [3.8, 4) is 0 Å². The molecule has 0 aromatic carbocycles. The number of ether oxygens (including phenoxy) is 3. The highest BCUT2D eigenvalue weighted by molar-refractivity contribution is 5.93. The van der Waals surface area contributed by atoms with Crippen molar-refractivity contribution >= 4 is 12.1 Å². The van der Waals surface area contributed by atoms with E-state index in [1.807, 2.05) is 0 Å². The number of epoxide rings is 1. The molecule has 54 valence electrons. The fourth-order valence-corrected chi connectivity index (χ4v) is 0.824. The summed E-state index contributed by atoms with van der Waals surface area (Å²) in [7, 11) is 0. The predicted octanol–water partition coefficient (Wildman–Crippen LogP) is -0.204. The number of rotatable bonds is 0. The molecule has 1 unspecified atom stereocenters. The molecule has 0 saturated carbocycles. The molecule has 2 rings (SSSR count). The molecule has 2 aliphatic heterocycles. The number of carbonyl (C=O) groups is 2. The molecule has 1 atom stereocenters. The minimum absolute atomic E-state index is 0.185. The lowest BCUT2D eigenvalue weighted by Gasteiger charge is -2.14. The lowest BCUT2D eigenvalue weighted by atomic mass is 10.3. The van der Waals surface area contributed by atoms with Crippen LogP contribution in [-0.2, 0) is 19.0 Å². The quantitative estimate of drug-likeness (QED) is 0.348. The van der Waals surface area contributed by atoms with Gasteiger partial charge in [0.2, 0.25) is 0 Å². The van der Waals surface area contributed by atoms with Crippen molar-refractivity contribution < 1.29 is 23.8 Å². The second-order valence-electron chi connectivity index (χ2n) is 2.09. The summed E-state index contributed by atoms with van der Waals surface area (Å²) in [4.78, 5) is 20.8. The SMILES string of the molecule is O=C1OCCC2(O1)OC2=O. The topological polar surface area (TPSA) is 65.1 Å². The molecule has 1 spiro atoms. The average Bonchev–Trinajstić information content (AvgIpc) is 2.41. The third-order valence-electron chi connectivity index (χ3n) is 1.43. The molecular formula is C5H4O5. The Bertz CT molecular complexity index is 210. The van der Waals surface area contributed by atoms with Crippen LogP contribution in [-0.4, -0.2) is 24.5 Å². The molecule has 5 heteroatoms. The zero-order chi connectivity index (χ0) is 7.19. The first-order chi connectivity index (χ1) is 4.73. The van der Waals surface area contributed by atoms with Gasteiger partial charge in [-0.25, -0.2) is 9.59 Å². The monoisotopic (exact) mass is 144 g/mol. The second-order valence-corrected chi connectivity index (χ2v) is 2.09. The Kier molecular flexibility index (Phi) is 0.783. The lowest BCUT2D eigenvalue weighted by molar-refractivity contribution is -0.120. The smallest absolute Gasteiger partial charge is 0.434 e. The summed E-state index contributed by atoms with van der Waals surface area (Å²) in [5.74, 6) is -1.74. The van der Waals surface area contributed by atoms with Crippen molar-refractivity contribution in [3.63, 3.8) is 0 Å². The van der Waals surface area contributed by atoms with Crippen molar-refractivity contribution in [2.24, 2.45) is 0 Å². The van der Waals surface area contributed by atoms with Crippen LogP contribution in [0.2, 0.25) is 0 Å². The lowest BCUT2D eigenvalue weighted by Crippen LogP contribution is -2.31. The first-order valence-electron chi connectivity index (χ1n) is 2.82. The average molecular weight is 144 g/mol. The molecule has 10 heavy (non-hydrogen) atoms.